The van der Waals surface area contributed by atoms with Crippen LogP contribution in [0.25, 0.3) is 0 Å². The molecule has 17 heavy (non-hydrogen) atoms. The van der Waals surface area contributed by atoms with E-state index in [0.29, 0.717) is 0 Å². The molecule has 0 radical (unpaired) electrons. The molecule has 0 aliphatic carbocycles. The Labute approximate surface area is 112 Å². The highest BCUT2D eigenvalue weighted by atomic mass is 79.9. The summed E-state index contributed by atoms with van der Waals surface area (Å²) in [5, 5.41) is 2.95. The van der Waals surface area contributed by atoms with Crippen LogP contribution in [0.3, 0.4) is 0 Å². The number of hydrogen-bond acceptors (Lipinski definition) is 2. The lowest BCUT2D eigenvalue weighted by molar-refractivity contribution is 0.0996. The first-order valence-corrected chi connectivity index (χ1v) is 6.06. The average Bonchev–Trinajstić information content (AvgIpc) is 2.69. The van der Waals surface area contributed by atoms with Gasteiger partial charge in [0.2, 0.25) is 0 Å². The Bertz CT molecular complexity index is 565. The Balaban J connectivity index is 2.18. The Morgan fingerprint density at radius 2 is 2.12 bits per heavy atom. The van der Waals surface area contributed by atoms with Gasteiger partial charge in [0.15, 0.2) is 11.0 Å². The van der Waals surface area contributed by atoms with Crippen molar-refractivity contribution in [3.8, 4) is 0 Å². The van der Waals surface area contributed by atoms with Crippen LogP contribution >= 0.6 is 27.5 Å². The molecule has 5 heteroatoms. The van der Waals surface area contributed by atoms with Crippen molar-refractivity contribution in [1.29, 1.82) is 0 Å². The fourth-order valence-corrected chi connectivity index (χ4v) is 2.01. The molecule has 1 heterocycles. The fraction of sp³-hybridized carbons (Fsp3) is 0.0833. The van der Waals surface area contributed by atoms with Crippen molar-refractivity contribution in [1.82, 2.24) is 0 Å². The Morgan fingerprint density at radius 3 is 2.71 bits per heavy atom. The molecule has 1 amide bonds. The average molecular weight is 315 g/mol. The maximum Gasteiger partial charge on any atom is 0.291 e. The van der Waals surface area contributed by atoms with Gasteiger partial charge < -0.3 is 9.73 Å². The van der Waals surface area contributed by atoms with E-state index in [0.717, 1.165) is 15.7 Å². The summed E-state index contributed by atoms with van der Waals surface area (Å²) >= 11 is 8.97. The third kappa shape index (κ3) is 2.90. The maximum absolute atomic E-state index is 11.8. The van der Waals surface area contributed by atoms with Gasteiger partial charge in [0, 0.05) is 10.2 Å². The van der Waals surface area contributed by atoms with Crippen LogP contribution in [0, 0.1) is 6.92 Å². The van der Waals surface area contributed by atoms with Gasteiger partial charge in [0.1, 0.15) is 0 Å². The molecule has 3 nitrogen and oxygen atoms in total. The highest BCUT2D eigenvalue weighted by Gasteiger charge is 2.11. The largest absolute Gasteiger partial charge is 0.440 e. The van der Waals surface area contributed by atoms with E-state index in [1.54, 1.807) is 0 Å². The molecule has 0 bridgehead atoms. The number of hydrogen-bond donors (Lipinski definition) is 1. The molecule has 0 saturated heterocycles. The van der Waals surface area contributed by atoms with Crippen LogP contribution in [0.5, 0.6) is 0 Å². The molecule has 1 N–H and O–H groups in total. The number of amides is 1. The minimum Gasteiger partial charge on any atom is -0.440 e. The zero-order valence-corrected chi connectivity index (χ0v) is 11.3. The lowest BCUT2D eigenvalue weighted by Gasteiger charge is -2.07. The molecule has 0 saturated carbocycles. The lowest BCUT2D eigenvalue weighted by Crippen LogP contribution is -2.11. The number of halogens is 2. The van der Waals surface area contributed by atoms with E-state index in [2.05, 4.69) is 21.2 Å². The standard InChI is InChI=1S/C12H9BrClNO2/c1-7-6-8(13)2-3-9(7)15-12(16)10-4-5-11(14)17-10/h2-6H,1H3,(H,15,16). The van der Waals surface area contributed by atoms with E-state index in [1.807, 2.05) is 25.1 Å². The summed E-state index contributed by atoms with van der Waals surface area (Å²) in [6.45, 7) is 1.91. The number of anilines is 1. The molecule has 1 aromatic heterocycles. The van der Waals surface area contributed by atoms with Crippen LogP contribution in [0.15, 0.2) is 39.2 Å². The predicted molar refractivity (Wildman–Crippen MR) is 70.6 cm³/mol. The second-order valence-corrected chi connectivity index (χ2v) is 4.81. The Kier molecular flexibility index (Phi) is 3.54. The van der Waals surface area contributed by atoms with Crippen LogP contribution in [-0.2, 0) is 0 Å². The Hall–Kier alpha value is -1.26. The van der Waals surface area contributed by atoms with Gasteiger partial charge in [0.25, 0.3) is 5.91 Å². The quantitative estimate of drug-likeness (QED) is 0.900. The minimum atomic E-state index is -0.317. The molecule has 88 valence electrons. The number of furan rings is 1. The van der Waals surface area contributed by atoms with Crippen molar-refractivity contribution in [2.45, 2.75) is 6.92 Å². The summed E-state index contributed by atoms with van der Waals surface area (Å²) < 4.78 is 5.99. The summed E-state index contributed by atoms with van der Waals surface area (Å²) in [6, 6.07) is 8.67. The van der Waals surface area contributed by atoms with E-state index in [-0.39, 0.29) is 16.9 Å². The van der Waals surface area contributed by atoms with Crippen LogP contribution in [0.2, 0.25) is 5.22 Å². The first-order valence-electron chi connectivity index (χ1n) is 4.89. The van der Waals surface area contributed by atoms with Crippen molar-refractivity contribution in [3.63, 3.8) is 0 Å². The van der Waals surface area contributed by atoms with Gasteiger partial charge in [-0.1, -0.05) is 15.9 Å². The first kappa shape index (κ1) is 12.2. The summed E-state index contributed by atoms with van der Waals surface area (Å²) in [7, 11) is 0. The van der Waals surface area contributed by atoms with Crippen LogP contribution < -0.4 is 5.32 Å². The highest BCUT2D eigenvalue weighted by Crippen LogP contribution is 2.21. The van der Waals surface area contributed by atoms with Crippen molar-refractivity contribution in [3.05, 3.63) is 51.3 Å². The van der Waals surface area contributed by atoms with Crippen LogP contribution in [0.4, 0.5) is 5.69 Å². The molecular weight excluding hydrogens is 305 g/mol. The molecule has 0 unspecified atom stereocenters. The molecule has 0 atom stereocenters. The smallest absolute Gasteiger partial charge is 0.291 e. The number of carbonyl (C=O) groups excluding carboxylic acids is 1. The monoisotopic (exact) mass is 313 g/mol. The molecule has 0 spiro atoms. The Morgan fingerprint density at radius 1 is 1.35 bits per heavy atom. The number of rotatable bonds is 2. The zero-order valence-electron chi connectivity index (χ0n) is 8.96. The normalized spacial score (nSPS) is 10.3. The third-order valence-electron chi connectivity index (χ3n) is 2.23. The molecule has 0 fully saturated rings. The molecule has 2 aromatic rings. The number of aryl methyl sites for hydroxylation is 1. The van der Waals surface area contributed by atoms with Crippen LogP contribution in [0.1, 0.15) is 16.1 Å². The van der Waals surface area contributed by atoms with Gasteiger partial charge in [-0.3, -0.25) is 4.79 Å². The van der Waals surface area contributed by atoms with Gasteiger partial charge in [-0.05, 0) is 54.4 Å². The predicted octanol–water partition coefficient (Wildman–Crippen LogP) is 4.26. The topological polar surface area (TPSA) is 42.2 Å². The molecule has 1 aromatic carbocycles. The van der Waals surface area contributed by atoms with E-state index in [1.165, 1.54) is 12.1 Å². The van der Waals surface area contributed by atoms with Crippen molar-refractivity contribution >= 4 is 39.1 Å². The van der Waals surface area contributed by atoms with Gasteiger partial charge in [-0.25, -0.2) is 0 Å². The summed E-state index contributed by atoms with van der Waals surface area (Å²) in [4.78, 5) is 11.8. The molecule has 0 aliphatic heterocycles. The van der Waals surface area contributed by atoms with Gasteiger partial charge in [0.05, 0.1) is 0 Å². The maximum atomic E-state index is 11.8. The van der Waals surface area contributed by atoms with Crippen molar-refractivity contribution in [2.24, 2.45) is 0 Å². The van der Waals surface area contributed by atoms with E-state index >= 15 is 0 Å². The van der Waals surface area contributed by atoms with Crippen LogP contribution in [-0.4, -0.2) is 5.91 Å². The van der Waals surface area contributed by atoms with E-state index < -0.39 is 0 Å². The second kappa shape index (κ2) is 4.94. The summed E-state index contributed by atoms with van der Waals surface area (Å²) in [5.74, 6) is -0.125. The molecular formula is C12H9BrClNO2. The van der Waals surface area contributed by atoms with E-state index in [9.17, 15) is 4.79 Å². The molecule has 2 rings (SSSR count). The SMILES string of the molecule is Cc1cc(Br)ccc1NC(=O)c1ccc(Cl)o1. The minimum absolute atomic E-state index is 0.192. The fourth-order valence-electron chi connectivity index (χ4n) is 1.39. The van der Waals surface area contributed by atoms with Crippen molar-refractivity contribution < 1.29 is 9.21 Å². The lowest BCUT2D eigenvalue weighted by atomic mass is 10.2. The third-order valence-corrected chi connectivity index (χ3v) is 2.93. The summed E-state index contributed by atoms with van der Waals surface area (Å²) in [6.07, 6.45) is 0. The first-order chi connectivity index (χ1) is 8.06. The highest BCUT2D eigenvalue weighted by molar-refractivity contribution is 9.10. The zero-order chi connectivity index (χ0) is 12.4. The second-order valence-electron chi connectivity index (χ2n) is 3.52. The van der Waals surface area contributed by atoms with Gasteiger partial charge in [-0.2, -0.15) is 0 Å². The number of nitrogens with one attached hydrogen (secondary N) is 1. The molecule has 0 aliphatic rings. The summed E-state index contributed by atoms with van der Waals surface area (Å²) in [5.41, 5.74) is 1.70. The number of benzene rings is 1. The van der Waals surface area contributed by atoms with E-state index in [4.69, 9.17) is 16.0 Å². The van der Waals surface area contributed by atoms with Crippen molar-refractivity contribution in [2.75, 3.05) is 5.32 Å². The van der Waals surface area contributed by atoms with Gasteiger partial charge >= 0.3 is 0 Å². The number of carbonyl (C=O) groups is 1. The van der Waals surface area contributed by atoms with Gasteiger partial charge in [-0.15, -0.1) is 0 Å².